The van der Waals surface area contributed by atoms with Crippen LogP contribution in [0.25, 0.3) is 16.7 Å². The van der Waals surface area contributed by atoms with Gasteiger partial charge in [0.25, 0.3) is 5.56 Å². The van der Waals surface area contributed by atoms with Gasteiger partial charge in [0.05, 0.1) is 29.5 Å². The van der Waals surface area contributed by atoms with Crippen LogP contribution >= 0.6 is 0 Å². The monoisotopic (exact) mass is 402 g/mol. The average molecular weight is 402 g/mol. The first-order valence-electron chi connectivity index (χ1n) is 9.74. The zero-order valence-electron chi connectivity index (χ0n) is 16.8. The predicted octanol–water partition coefficient (Wildman–Crippen LogP) is 2.55. The Labute approximate surface area is 173 Å². The first-order valence-corrected chi connectivity index (χ1v) is 9.74. The molecule has 3 aromatic heterocycles. The molecule has 0 aliphatic heterocycles. The number of para-hydroxylation sites is 1. The minimum Gasteiger partial charge on any atom is -0.349 e. The molecule has 1 amide bonds. The molecule has 30 heavy (non-hydrogen) atoms. The van der Waals surface area contributed by atoms with Crippen LogP contribution in [-0.2, 0) is 11.3 Å². The van der Waals surface area contributed by atoms with Crippen LogP contribution in [0.4, 0.5) is 0 Å². The summed E-state index contributed by atoms with van der Waals surface area (Å²) in [6.45, 7) is 4.12. The number of fused-ring (bicyclic) bond motifs is 1. The van der Waals surface area contributed by atoms with Gasteiger partial charge in [-0.3, -0.25) is 14.2 Å². The number of carbonyl (C=O) groups excluding carboxylic acids is 1. The molecule has 1 atom stereocenters. The standard InChI is InChI=1S/C22H22N6O2/c1-15(18-13-25-28(16(18)2)20-9-5-6-11-23-20)26-21(29)10-12-27-14-24-19-8-4-3-7-17(19)22(27)30/h3-9,11,13-15H,10,12H2,1-2H3,(H,26,29)/t15-/m0/s1. The van der Waals surface area contributed by atoms with Crippen molar-refractivity contribution in [2.24, 2.45) is 0 Å². The van der Waals surface area contributed by atoms with E-state index in [1.165, 1.54) is 10.9 Å². The van der Waals surface area contributed by atoms with Gasteiger partial charge >= 0.3 is 0 Å². The van der Waals surface area contributed by atoms with Crippen LogP contribution < -0.4 is 10.9 Å². The summed E-state index contributed by atoms with van der Waals surface area (Å²) in [6, 6.07) is 12.6. The van der Waals surface area contributed by atoms with Crippen molar-refractivity contribution in [1.82, 2.24) is 29.6 Å². The van der Waals surface area contributed by atoms with Gasteiger partial charge in [-0.05, 0) is 38.1 Å². The van der Waals surface area contributed by atoms with E-state index in [1.54, 1.807) is 35.3 Å². The van der Waals surface area contributed by atoms with Crippen LogP contribution in [0.3, 0.4) is 0 Å². The second kappa shape index (κ2) is 8.28. The third kappa shape index (κ3) is 3.84. The van der Waals surface area contributed by atoms with Gasteiger partial charge in [0.1, 0.15) is 0 Å². The fourth-order valence-corrected chi connectivity index (χ4v) is 3.44. The van der Waals surface area contributed by atoms with Gasteiger partial charge in [0.15, 0.2) is 5.82 Å². The second-order valence-corrected chi connectivity index (χ2v) is 7.08. The fourth-order valence-electron chi connectivity index (χ4n) is 3.44. The quantitative estimate of drug-likeness (QED) is 0.535. The Morgan fingerprint density at radius 3 is 2.73 bits per heavy atom. The molecule has 3 heterocycles. The van der Waals surface area contributed by atoms with Gasteiger partial charge in [0, 0.05) is 30.4 Å². The maximum Gasteiger partial charge on any atom is 0.261 e. The van der Waals surface area contributed by atoms with E-state index in [9.17, 15) is 9.59 Å². The van der Waals surface area contributed by atoms with Crippen molar-refractivity contribution in [3.63, 3.8) is 0 Å². The number of hydrogen-bond acceptors (Lipinski definition) is 5. The molecule has 1 aromatic carbocycles. The number of pyridine rings is 1. The molecule has 0 bridgehead atoms. The van der Waals surface area contributed by atoms with Gasteiger partial charge in [-0.15, -0.1) is 0 Å². The molecule has 0 radical (unpaired) electrons. The number of aryl methyl sites for hydroxylation is 1. The molecule has 0 saturated carbocycles. The lowest BCUT2D eigenvalue weighted by Gasteiger charge is -2.14. The van der Waals surface area contributed by atoms with E-state index in [0.717, 1.165) is 17.1 Å². The zero-order chi connectivity index (χ0) is 21.1. The van der Waals surface area contributed by atoms with Crippen LogP contribution in [-0.4, -0.2) is 30.2 Å². The van der Waals surface area contributed by atoms with E-state index < -0.39 is 0 Å². The summed E-state index contributed by atoms with van der Waals surface area (Å²) in [5.41, 5.74) is 2.33. The summed E-state index contributed by atoms with van der Waals surface area (Å²) in [6.07, 6.45) is 5.12. The van der Waals surface area contributed by atoms with E-state index in [2.05, 4.69) is 20.4 Å². The molecular weight excluding hydrogens is 380 g/mol. The number of carbonyl (C=O) groups is 1. The summed E-state index contributed by atoms with van der Waals surface area (Å²) in [4.78, 5) is 33.6. The lowest BCUT2D eigenvalue weighted by Crippen LogP contribution is -2.29. The van der Waals surface area contributed by atoms with Crippen LogP contribution in [0.5, 0.6) is 0 Å². The summed E-state index contributed by atoms with van der Waals surface area (Å²) >= 11 is 0. The third-order valence-electron chi connectivity index (χ3n) is 5.07. The first kappa shape index (κ1) is 19.5. The fraction of sp³-hybridized carbons (Fsp3) is 0.227. The molecule has 8 heteroatoms. The van der Waals surface area contributed by atoms with Crippen molar-refractivity contribution in [3.8, 4) is 5.82 Å². The largest absolute Gasteiger partial charge is 0.349 e. The summed E-state index contributed by atoms with van der Waals surface area (Å²) in [5, 5.41) is 7.93. The molecule has 1 N–H and O–H groups in total. The van der Waals surface area contributed by atoms with E-state index in [4.69, 9.17) is 0 Å². The van der Waals surface area contributed by atoms with E-state index >= 15 is 0 Å². The highest BCUT2D eigenvalue weighted by Gasteiger charge is 2.17. The first-order chi connectivity index (χ1) is 14.5. The predicted molar refractivity (Wildman–Crippen MR) is 113 cm³/mol. The smallest absolute Gasteiger partial charge is 0.261 e. The van der Waals surface area contributed by atoms with Crippen molar-refractivity contribution in [2.45, 2.75) is 32.9 Å². The van der Waals surface area contributed by atoms with Gasteiger partial charge in [-0.1, -0.05) is 18.2 Å². The molecule has 0 saturated heterocycles. The van der Waals surface area contributed by atoms with Crippen LogP contribution in [0, 0.1) is 6.92 Å². The van der Waals surface area contributed by atoms with Gasteiger partial charge in [0.2, 0.25) is 5.91 Å². The Bertz CT molecular complexity index is 1250. The zero-order valence-corrected chi connectivity index (χ0v) is 16.8. The SMILES string of the molecule is Cc1c([C@H](C)NC(=O)CCn2cnc3ccccc3c2=O)cnn1-c1ccccn1. The number of nitrogens with zero attached hydrogens (tertiary/aromatic N) is 5. The van der Waals surface area contributed by atoms with E-state index in [1.807, 2.05) is 38.1 Å². The Morgan fingerprint density at radius 2 is 1.93 bits per heavy atom. The maximum absolute atomic E-state index is 12.5. The van der Waals surface area contributed by atoms with Gasteiger partial charge in [-0.25, -0.2) is 14.6 Å². The second-order valence-electron chi connectivity index (χ2n) is 7.08. The molecular formula is C22H22N6O2. The Kier molecular flexibility index (Phi) is 5.38. The Balaban J connectivity index is 1.42. The van der Waals surface area contributed by atoms with E-state index in [0.29, 0.717) is 10.9 Å². The van der Waals surface area contributed by atoms with E-state index in [-0.39, 0.29) is 30.5 Å². The molecule has 152 valence electrons. The Morgan fingerprint density at radius 1 is 1.13 bits per heavy atom. The average Bonchev–Trinajstić information content (AvgIpc) is 3.15. The number of nitrogens with one attached hydrogen (secondary N) is 1. The van der Waals surface area contributed by atoms with Crippen molar-refractivity contribution < 1.29 is 4.79 Å². The number of rotatable bonds is 6. The molecule has 0 aliphatic carbocycles. The molecule has 4 aromatic rings. The van der Waals surface area contributed by atoms with Crippen molar-refractivity contribution in [2.75, 3.05) is 0 Å². The molecule has 0 unspecified atom stereocenters. The number of hydrogen-bond donors (Lipinski definition) is 1. The van der Waals surface area contributed by atoms with Gasteiger partial charge in [-0.2, -0.15) is 5.10 Å². The topological polar surface area (TPSA) is 94.7 Å². The number of aromatic nitrogens is 5. The highest BCUT2D eigenvalue weighted by Crippen LogP contribution is 2.19. The van der Waals surface area contributed by atoms with Crippen molar-refractivity contribution >= 4 is 16.8 Å². The lowest BCUT2D eigenvalue weighted by atomic mass is 10.1. The highest BCUT2D eigenvalue weighted by atomic mass is 16.2. The normalized spacial score (nSPS) is 12.1. The number of amides is 1. The third-order valence-corrected chi connectivity index (χ3v) is 5.07. The summed E-state index contributed by atoms with van der Waals surface area (Å²) < 4.78 is 3.22. The van der Waals surface area contributed by atoms with Crippen molar-refractivity contribution in [3.05, 3.63) is 82.8 Å². The van der Waals surface area contributed by atoms with Crippen LogP contribution in [0.1, 0.15) is 30.6 Å². The minimum atomic E-state index is -0.221. The summed E-state index contributed by atoms with van der Waals surface area (Å²) in [7, 11) is 0. The highest BCUT2D eigenvalue weighted by molar-refractivity contribution is 5.77. The van der Waals surface area contributed by atoms with Crippen LogP contribution in [0.2, 0.25) is 0 Å². The minimum absolute atomic E-state index is 0.145. The van der Waals surface area contributed by atoms with Crippen molar-refractivity contribution in [1.29, 1.82) is 0 Å². The molecule has 0 spiro atoms. The van der Waals surface area contributed by atoms with Gasteiger partial charge < -0.3 is 5.32 Å². The molecule has 0 fully saturated rings. The lowest BCUT2D eigenvalue weighted by molar-refractivity contribution is -0.121. The van der Waals surface area contributed by atoms with Crippen LogP contribution in [0.15, 0.2) is 66.0 Å². The molecule has 8 nitrogen and oxygen atoms in total. The maximum atomic E-state index is 12.5. The molecule has 0 aliphatic rings. The Hall–Kier alpha value is -3.81. The molecule has 4 rings (SSSR count). The summed E-state index contributed by atoms with van der Waals surface area (Å²) in [5.74, 6) is 0.579. The number of benzene rings is 1.